The zero-order valence-electron chi connectivity index (χ0n) is 11.1. The quantitative estimate of drug-likeness (QED) is 0.817. The Morgan fingerprint density at radius 1 is 1.45 bits per heavy atom. The SMILES string of the molecule is NCC#Cc1ccc(F)c(C(=O)NC2CCSCC2)c1. The average molecular weight is 292 g/mol. The first-order valence-corrected chi connectivity index (χ1v) is 7.73. The van der Waals surface area contributed by atoms with Crippen molar-refractivity contribution in [3.8, 4) is 11.8 Å². The molecule has 0 saturated carbocycles. The zero-order chi connectivity index (χ0) is 14.4. The molecule has 1 fully saturated rings. The van der Waals surface area contributed by atoms with Crippen molar-refractivity contribution in [3.63, 3.8) is 0 Å². The van der Waals surface area contributed by atoms with Gasteiger partial charge in [-0.1, -0.05) is 11.8 Å². The molecule has 1 amide bonds. The number of hydrogen-bond donors (Lipinski definition) is 2. The summed E-state index contributed by atoms with van der Waals surface area (Å²) in [5, 5.41) is 2.89. The van der Waals surface area contributed by atoms with Gasteiger partial charge in [-0.05, 0) is 42.5 Å². The van der Waals surface area contributed by atoms with E-state index in [-0.39, 0.29) is 24.1 Å². The van der Waals surface area contributed by atoms with Crippen LogP contribution in [-0.2, 0) is 0 Å². The summed E-state index contributed by atoms with van der Waals surface area (Å²) in [7, 11) is 0. The second kappa shape index (κ2) is 7.32. The molecule has 1 aliphatic heterocycles. The fourth-order valence-electron chi connectivity index (χ4n) is 2.04. The van der Waals surface area contributed by atoms with E-state index in [1.165, 1.54) is 12.1 Å². The summed E-state index contributed by atoms with van der Waals surface area (Å²) >= 11 is 1.88. The smallest absolute Gasteiger partial charge is 0.254 e. The zero-order valence-corrected chi connectivity index (χ0v) is 11.9. The lowest BCUT2D eigenvalue weighted by Gasteiger charge is -2.22. The molecule has 0 bridgehead atoms. The maximum absolute atomic E-state index is 13.8. The minimum Gasteiger partial charge on any atom is -0.349 e. The van der Waals surface area contributed by atoms with E-state index in [0.29, 0.717) is 5.56 Å². The molecule has 0 aliphatic carbocycles. The van der Waals surface area contributed by atoms with E-state index >= 15 is 0 Å². The van der Waals surface area contributed by atoms with Crippen molar-refractivity contribution in [1.29, 1.82) is 0 Å². The van der Waals surface area contributed by atoms with Gasteiger partial charge >= 0.3 is 0 Å². The van der Waals surface area contributed by atoms with E-state index in [1.54, 1.807) is 6.07 Å². The second-order valence-corrected chi connectivity index (χ2v) is 5.79. The Kier molecular flexibility index (Phi) is 5.45. The molecule has 0 atom stereocenters. The molecule has 1 aromatic rings. The van der Waals surface area contributed by atoms with Crippen LogP contribution in [0.25, 0.3) is 0 Å². The van der Waals surface area contributed by atoms with E-state index in [0.717, 1.165) is 24.3 Å². The summed E-state index contributed by atoms with van der Waals surface area (Å²) < 4.78 is 13.8. The molecule has 0 aromatic heterocycles. The molecule has 1 aromatic carbocycles. The topological polar surface area (TPSA) is 55.1 Å². The third kappa shape index (κ3) is 3.99. The van der Waals surface area contributed by atoms with Crippen molar-refractivity contribution >= 4 is 17.7 Å². The number of halogens is 1. The number of thioether (sulfide) groups is 1. The van der Waals surface area contributed by atoms with Crippen LogP contribution < -0.4 is 11.1 Å². The molecule has 2 rings (SSSR count). The van der Waals surface area contributed by atoms with E-state index in [4.69, 9.17) is 5.73 Å². The van der Waals surface area contributed by atoms with Gasteiger partial charge in [-0.25, -0.2) is 4.39 Å². The Balaban J connectivity index is 2.11. The molecule has 0 unspecified atom stereocenters. The first-order chi connectivity index (χ1) is 9.70. The fourth-order valence-corrected chi connectivity index (χ4v) is 3.14. The van der Waals surface area contributed by atoms with Crippen LogP contribution >= 0.6 is 11.8 Å². The maximum Gasteiger partial charge on any atom is 0.254 e. The van der Waals surface area contributed by atoms with Crippen LogP contribution in [0.2, 0.25) is 0 Å². The van der Waals surface area contributed by atoms with Gasteiger partial charge in [0.05, 0.1) is 12.1 Å². The highest BCUT2D eigenvalue weighted by molar-refractivity contribution is 7.99. The number of nitrogens with one attached hydrogen (secondary N) is 1. The number of benzene rings is 1. The predicted molar refractivity (Wildman–Crippen MR) is 80.1 cm³/mol. The van der Waals surface area contributed by atoms with Crippen molar-refractivity contribution in [3.05, 3.63) is 35.1 Å². The van der Waals surface area contributed by atoms with Crippen LogP contribution in [0.3, 0.4) is 0 Å². The third-order valence-electron chi connectivity index (χ3n) is 3.10. The van der Waals surface area contributed by atoms with Gasteiger partial charge in [0.1, 0.15) is 5.82 Å². The van der Waals surface area contributed by atoms with Crippen LogP contribution in [0.1, 0.15) is 28.8 Å². The highest BCUT2D eigenvalue weighted by atomic mass is 32.2. The summed E-state index contributed by atoms with van der Waals surface area (Å²) in [4.78, 5) is 12.1. The van der Waals surface area contributed by atoms with E-state index in [2.05, 4.69) is 17.2 Å². The Hall–Kier alpha value is -1.51. The molecule has 0 radical (unpaired) electrons. The lowest BCUT2D eigenvalue weighted by atomic mass is 10.1. The van der Waals surface area contributed by atoms with Crippen molar-refractivity contribution in [1.82, 2.24) is 5.32 Å². The lowest BCUT2D eigenvalue weighted by Crippen LogP contribution is -2.37. The van der Waals surface area contributed by atoms with Gasteiger partial charge in [0.25, 0.3) is 5.91 Å². The number of carbonyl (C=O) groups is 1. The molecule has 3 nitrogen and oxygen atoms in total. The minimum atomic E-state index is -0.522. The monoisotopic (exact) mass is 292 g/mol. The van der Waals surface area contributed by atoms with E-state index in [9.17, 15) is 9.18 Å². The summed E-state index contributed by atoms with van der Waals surface area (Å²) in [6.45, 7) is 0.235. The number of nitrogens with two attached hydrogens (primary N) is 1. The lowest BCUT2D eigenvalue weighted by molar-refractivity contribution is 0.0930. The van der Waals surface area contributed by atoms with Crippen LogP contribution in [-0.4, -0.2) is 30.0 Å². The molecule has 106 valence electrons. The second-order valence-electron chi connectivity index (χ2n) is 4.56. The number of carbonyl (C=O) groups excluding carboxylic acids is 1. The van der Waals surface area contributed by atoms with Crippen molar-refractivity contribution in [2.75, 3.05) is 18.1 Å². The molecular weight excluding hydrogens is 275 g/mol. The first kappa shape index (κ1) is 14.9. The molecule has 5 heteroatoms. The van der Waals surface area contributed by atoms with Gasteiger partial charge in [0, 0.05) is 11.6 Å². The first-order valence-electron chi connectivity index (χ1n) is 6.58. The summed E-state index contributed by atoms with van der Waals surface area (Å²) in [6, 6.07) is 4.44. The van der Waals surface area contributed by atoms with Crippen LogP contribution in [0.4, 0.5) is 4.39 Å². The fraction of sp³-hybridized carbons (Fsp3) is 0.400. The van der Waals surface area contributed by atoms with E-state index in [1.807, 2.05) is 11.8 Å². The Morgan fingerprint density at radius 2 is 2.20 bits per heavy atom. The summed E-state index contributed by atoms with van der Waals surface area (Å²) in [5.74, 6) is 6.68. The molecule has 1 aliphatic rings. The van der Waals surface area contributed by atoms with Gasteiger partial charge in [-0.15, -0.1) is 0 Å². The number of hydrogen-bond acceptors (Lipinski definition) is 3. The van der Waals surface area contributed by atoms with Gasteiger partial charge in [0.15, 0.2) is 0 Å². The van der Waals surface area contributed by atoms with Crippen LogP contribution in [0.15, 0.2) is 18.2 Å². The third-order valence-corrected chi connectivity index (χ3v) is 4.15. The Morgan fingerprint density at radius 3 is 2.90 bits per heavy atom. The molecule has 0 spiro atoms. The van der Waals surface area contributed by atoms with Crippen molar-refractivity contribution < 1.29 is 9.18 Å². The Labute approximate surface area is 122 Å². The molecule has 1 heterocycles. The van der Waals surface area contributed by atoms with Crippen molar-refractivity contribution in [2.24, 2.45) is 5.73 Å². The standard InChI is InChI=1S/C15H17FN2OS/c16-14-4-3-11(2-1-7-17)10-13(14)15(19)18-12-5-8-20-9-6-12/h3-4,10,12H,5-9,17H2,(H,18,19). The van der Waals surface area contributed by atoms with Gasteiger partial charge in [-0.2, -0.15) is 11.8 Å². The highest BCUT2D eigenvalue weighted by Gasteiger charge is 2.19. The summed E-state index contributed by atoms with van der Waals surface area (Å²) in [6.07, 6.45) is 1.87. The maximum atomic E-state index is 13.8. The minimum absolute atomic E-state index is 0.0482. The summed E-state index contributed by atoms with van der Waals surface area (Å²) in [5.41, 5.74) is 5.95. The van der Waals surface area contributed by atoms with Gasteiger partial charge in [-0.3, -0.25) is 4.79 Å². The normalized spacial score (nSPS) is 15.3. The van der Waals surface area contributed by atoms with Crippen molar-refractivity contribution in [2.45, 2.75) is 18.9 Å². The highest BCUT2D eigenvalue weighted by Crippen LogP contribution is 2.18. The van der Waals surface area contributed by atoms with Crippen LogP contribution in [0, 0.1) is 17.7 Å². The molecular formula is C15H17FN2OS. The van der Waals surface area contributed by atoms with E-state index < -0.39 is 5.82 Å². The van der Waals surface area contributed by atoms with Crippen LogP contribution in [0.5, 0.6) is 0 Å². The predicted octanol–water partition coefficient (Wildman–Crippen LogP) is 1.76. The number of rotatable bonds is 2. The van der Waals surface area contributed by atoms with Gasteiger partial charge < -0.3 is 11.1 Å². The van der Waals surface area contributed by atoms with Gasteiger partial charge in [0.2, 0.25) is 0 Å². The molecule has 1 saturated heterocycles. The Bertz CT molecular complexity index is 545. The largest absolute Gasteiger partial charge is 0.349 e. The average Bonchev–Trinajstić information content (AvgIpc) is 2.47. The molecule has 3 N–H and O–H groups in total. The number of amides is 1. The molecule has 20 heavy (non-hydrogen) atoms.